The molecular formula is C14H22FN3O. The molecule has 0 aliphatic heterocycles. The number of halogens is 1. The predicted molar refractivity (Wildman–Crippen MR) is 76.4 cm³/mol. The predicted octanol–water partition coefficient (Wildman–Crippen LogP) is 2.47. The van der Waals surface area contributed by atoms with Crippen molar-refractivity contribution in [3.05, 3.63) is 24.0 Å². The van der Waals surface area contributed by atoms with Crippen LogP contribution in [0.1, 0.15) is 27.2 Å². The molecule has 0 aromatic heterocycles. The molecule has 0 radical (unpaired) electrons. The van der Waals surface area contributed by atoms with Crippen LogP contribution in [0.3, 0.4) is 0 Å². The SMILES string of the molecule is CCC(C)N(CC)CC(=O)Nc1ccc(F)c(N)c1. The summed E-state index contributed by atoms with van der Waals surface area (Å²) in [7, 11) is 0. The summed E-state index contributed by atoms with van der Waals surface area (Å²) in [4.78, 5) is 14.0. The van der Waals surface area contributed by atoms with Crippen molar-refractivity contribution in [3.8, 4) is 0 Å². The van der Waals surface area contributed by atoms with Gasteiger partial charge in [0.2, 0.25) is 5.91 Å². The van der Waals surface area contributed by atoms with E-state index in [1.54, 1.807) is 0 Å². The summed E-state index contributed by atoms with van der Waals surface area (Å²) in [6.45, 7) is 7.34. The Kier molecular flexibility index (Phi) is 5.76. The van der Waals surface area contributed by atoms with E-state index in [1.807, 2.05) is 6.92 Å². The van der Waals surface area contributed by atoms with E-state index in [4.69, 9.17) is 5.73 Å². The van der Waals surface area contributed by atoms with Gasteiger partial charge in [-0.3, -0.25) is 9.69 Å². The lowest BCUT2D eigenvalue weighted by Crippen LogP contribution is -2.39. The van der Waals surface area contributed by atoms with Crippen molar-refractivity contribution >= 4 is 17.3 Å². The van der Waals surface area contributed by atoms with Crippen molar-refractivity contribution in [1.82, 2.24) is 4.90 Å². The molecule has 0 fully saturated rings. The van der Waals surface area contributed by atoms with Crippen LogP contribution in [0, 0.1) is 5.82 Å². The third kappa shape index (κ3) is 4.52. The number of amides is 1. The Morgan fingerprint density at radius 2 is 2.16 bits per heavy atom. The zero-order valence-corrected chi connectivity index (χ0v) is 11.7. The second kappa shape index (κ2) is 7.09. The number of rotatable bonds is 6. The van der Waals surface area contributed by atoms with Gasteiger partial charge in [0.25, 0.3) is 0 Å². The van der Waals surface area contributed by atoms with Crippen molar-refractivity contribution in [1.29, 1.82) is 0 Å². The Morgan fingerprint density at radius 3 is 2.68 bits per heavy atom. The van der Waals surface area contributed by atoms with E-state index in [-0.39, 0.29) is 11.6 Å². The summed E-state index contributed by atoms with van der Waals surface area (Å²) in [5, 5.41) is 2.73. The molecule has 3 N–H and O–H groups in total. The number of carbonyl (C=O) groups excluding carboxylic acids is 1. The number of benzene rings is 1. The van der Waals surface area contributed by atoms with E-state index in [9.17, 15) is 9.18 Å². The van der Waals surface area contributed by atoms with Gasteiger partial charge < -0.3 is 11.1 Å². The number of nitrogens with zero attached hydrogens (tertiary/aromatic N) is 1. The third-order valence-corrected chi connectivity index (χ3v) is 3.25. The molecule has 0 saturated carbocycles. The van der Waals surface area contributed by atoms with Crippen LogP contribution in [-0.4, -0.2) is 29.9 Å². The largest absolute Gasteiger partial charge is 0.396 e. The Hall–Kier alpha value is -1.62. The van der Waals surface area contributed by atoms with Crippen LogP contribution in [0.15, 0.2) is 18.2 Å². The fraction of sp³-hybridized carbons (Fsp3) is 0.500. The van der Waals surface area contributed by atoms with Crippen molar-refractivity contribution in [2.45, 2.75) is 33.2 Å². The first-order valence-corrected chi connectivity index (χ1v) is 6.56. The van der Waals surface area contributed by atoms with Crippen molar-refractivity contribution in [2.24, 2.45) is 0 Å². The standard InChI is InChI=1S/C14H22FN3O/c1-4-10(3)18(5-2)9-14(19)17-11-6-7-12(15)13(16)8-11/h6-8,10H,4-5,9,16H2,1-3H3,(H,17,19). The Labute approximate surface area is 113 Å². The minimum atomic E-state index is -0.479. The van der Waals surface area contributed by atoms with Crippen LogP contribution in [0.25, 0.3) is 0 Å². The first kappa shape index (κ1) is 15.4. The van der Waals surface area contributed by atoms with Gasteiger partial charge in [-0.1, -0.05) is 13.8 Å². The summed E-state index contributed by atoms with van der Waals surface area (Å²) in [6.07, 6.45) is 0.991. The fourth-order valence-electron chi connectivity index (χ4n) is 1.84. The topological polar surface area (TPSA) is 58.4 Å². The summed E-state index contributed by atoms with van der Waals surface area (Å²) in [6, 6.07) is 4.53. The van der Waals surface area contributed by atoms with E-state index < -0.39 is 5.82 Å². The van der Waals surface area contributed by atoms with E-state index in [2.05, 4.69) is 24.1 Å². The highest BCUT2D eigenvalue weighted by Crippen LogP contribution is 2.16. The number of carbonyl (C=O) groups is 1. The van der Waals surface area contributed by atoms with Gasteiger partial charge >= 0.3 is 0 Å². The molecule has 1 unspecified atom stereocenters. The molecule has 0 spiro atoms. The normalized spacial score (nSPS) is 12.5. The maximum Gasteiger partial charge on any atom is 0.238 e. The Balaban J connectivity index is 2.61. The number of nitrogen functional groups attached to an aromatic ring is 1. The maximum absolute atomic E-state index is 13.0. The number of hydrogen-bond acceptors (Lipinski definition) is 3. The molecule has 106 valence electrons. The van der Waals surface area contributed by atoms with Crippen molar-refractivity contribution in [3.63, 3.8) is 0 Å². The third-order valence-electron chi connectivity index (χ3n) is 3.25. The zero-order chi connectivity index (χ0) is 14.4. The molecule has 0 saturated heterocycles. The molecule has 1 amide bonds. The highest BCUT2D eigenvalue weighted by Gasteiger charge is 2.14. The van der Waals surface area contributed by atoms with Gasteiger partial charge in [-0.2, -0.15) is 0 Å². The molecule has 0 heterocycles. The van der Waals surface area contributed by atoms with Gasteiger partial charge in [0.05, 0.1) is 12.2 Å². The van der Waals surface area contributed by atoms with Crippen LogP contribution in [0.5, 0.6) is 0 Å². The van der Waals surface area contributed by atoms with Crippen LogP contribution in [0.4, 0.5) is 15.8 Å². The van der Waals surface area contributed by atoms with E-state index in [0.29, 0.717) is 18.3 Å². The molecule has 0 aliphatic carbocycles. The lowest BCUT2D eigenvalue weighted by molar-refractivity contribution is -0.117. The van der Waals surface area contributed by atoms with Crippen molar-refractivity contribution in [2.75, 3.05) is 24.1 Å². The molecule has 4 nitrogen and oxygen atoms in total. The molecule has 1 aromatic rings. The summed E-state index contributed by atoms with van der Waals surface area (Å²) in [5.41, 5.74) is 6.01. The minimum Gasteiger partial charge on any atom is -0.396 e. The number of hydrogen-bond donors (Lipinski definition) is 2. The number of nitrogens with one attached hydrogen (secondary N) is 1. The molecule has 5 heteroatoms. The molecule has 1 aromatic carbocycles. The van der Waals surface area contributed by atoms with Crippen LogP contribution < -0.4 is 11.1 Å². The van der Waals surface area contributed by atoms with Gasteiger partial charge in [0.1, 0.15) is 5.82 Å². The van der Waals surface area contributed by atoms with Gasteiger partial charge in [-0.15, -0.1) is 0 Å². The van der Waals surface area contributed by atoms with Gasteiger partial charge in [0.15, 0.2) is 0 Å². The molecular weight excluding hydrogens is 245 g/mol. The lowest BCUT2D eigenvalue weighted by Gasteiger charge is -2.26. The quantitative estimate of drug-likeness (QED) is 0.778. The van der Waals surface area contributed by atoms with E-state index in [1.165, 1.54) is 18.2 Å². The highest BCUT2D eigenvalue weighted by molar-refractivity contribution is 5.92. The van der Waals surface area contributed by atoms with Gasteiger partial charge in [-0.25, -0.2) is 4.39 Å². The van der Waals surface area contributed by atoms with E-state index >= 15 is 0 Å². The van der Waals surface area contributed by atoms with E-state index in [0.717, 1.165) is 13.0 Å². The number of likely N-dealkylation sites (N-methyl/N-ethyl adjacent to an activating group) is 1. The Morgan fingerprint density at radius 1 is 1.47 bits per heavy atom. The zero-order valence-electron chi connectivity index (χ0n) is 11.7. The van der Waals surface area contributed by atoms with Gasteiger partial charge in [0, 0.05) is 11.7 Å². The number of nitrogens with two attached hydrogens (primary N) is 1. The van der Waals surface area contributed by atoms with Crippen LogP contribution >= 0.6 is 0 Å². The van der Waals surface area contributed by atoms with Crippen LogP contribution in [0.2, 0.25) is 0 Å². The highest BCUT2D eigenvalue weighted by atomic mass is 19.1. The first-order valence-electron chi connectivity index (χ1n) is 6.56. The summed E-state index contributed by atoms with van der Waals surface area (Å²) >= 11 is 0. The summed E-state index contributed by atoms with van der Waals surface area (Å²) in [5.74, 6) is -0.596. The molecule has 1 atom stereocenters. The number of anilines is 2. The molecule has 1 rings (SSSR count). The molecule has 0 aliphatic rings. The monoisotopic (exact) mass is 267 g/mol. The summed E-state index contributed by atoms with van der Waals surface area (Å²) < 4.78 is 13.0. The maximum atomic E-state index is 13.0. The second-order valence-electron chi connectivity index (χ2n) is 4.60. The molecule has 0 bridgehead atoms. The first-order chi connectivity index (χ1) is 8.97. The molecule has 19 heavy (non-hydrogen) atoms. The van der Waals surface area contributed by atoms with Gasteiger partial charge in [-0.05, 0) is 38.1 Å². The smallest absolute Gasteiger partial charge is 0.238 e. The Bertz CT molecular complexity index is 437. The average Bonchev–Trinajstić information content (AvgIpc) is 2.39. The minimum absolute atomic E-state index is 0.0343. The fourth-order valence-corrected chi connectivity index (χ4v) is 1.84. The van der Waals surface area contributed by atoms with Crippen LogP contribution in [-0.2, 0) is 4.79 Å². The average molecular weight is 267 g/mol. The van der Waals surface area contributed by atoms with Crippen molar-refractivity contribution < 1.29 is 9.18 Å². The second-order valence-corrected chi connectivity index (χ2v) is 4.60. The lowest BCUT2D eigenvalue weighted by atomic mass is 10.2.